The molecule has 2 rings (SSSR count). The van der Waals surface area contributed by atoms with Crippen molar-refractivity contribution >= 4 is 5.97 Å². The van der Waals surface area contributed by atoms with E-state index in [-0.39, 0.29) is 11.7 Å². The van der Waals surface area contributed by atoms with Gasteiger partial charge in [0.15, 0.2) is 0 Å². The highest BCUT2D eigenvalue weighted by molar-refractivity contribution is 5.90. The Morgan fingerprint density at radius 1 is 1.56 bits per heavy atom. The summed E-state index contributed by atoms with van der Waals surface area (Å²) < 4.78 is 5.62. The Kier molecular flexibility index (Phi) is 2.83. The summed E-state index contributed by atoms with van der Waals surface area (Å²) in [6, 6.07) is 4.82. The first-order valence-electron chi connectivity index (χ1n) is 5.34. The van der Waals surface area contributed by atoms with Gasteiger partial charge < -0.3 is 14.9 Å². The van der Waals surface area contributed by atoms with Gasteiger partial charge in [-0.1, -0.05) is 13.0 Å². The lowest BCUT2D eigenvalue weighted by Crippen LogP contribution is -2.26. The second-order valence-electron chi connectivity index (χ2n) is 3.92. The average molecular weight is 222 g/mol. The minimum absolute atomic E-state index is 0.0356. The Bertz CT molecular complexity index is 413. The molecule has 1 aromatic rings. The van der Waals surface area contributed by atoms with Crippen molar-refractivity contribution in [3.8, 4) is 5.75 Å². The van der Waals surface area contributed by atoms with E-state index in [0.717, 1.165) is 6.42 Å². The molecule has 1 aliphatic rings. The van der Waals surface area contributed by atoms with Crippen LogP contribution in [0.4, 0.5) is 0 Å². The van der Waals surface area contributed by atoms with E-state index >= 15 is 0 Å². The highest BCUT2D eigenvalue weighted by atomic mass is 16.5. The molecule has 0 amide bonds. The molecule has 86 valence electrons. The molecule has 0 saturated heterocycles. The van der Waals surface area contributed by atoms with Gasteiger partial charge in [0, 0.05) is 12.0 Å². The molecule has 2 atom stereocenters. The van der Waals surface area contributed by atoms with Crippen molar-refractivity contribution in [2.75, 3.05) is 0 Å². The Hall–Kier alpha value is -1.55. The topological polar surface area (TPSA) is 66.8 Å². The number of aliphatic hydroxyl groups is 1. The molecule has 2 unspecified atom stereocenters. The lowest BCUT2D eigenvalue weighted by Gasteiger charge is -2.29. The van der Waals surface area contributed by atoms with Crippen LogP contribution in [0.25, 0.3) is 0 Å². The lowest BCUT2D eigenvalue weighted by molar-refractivity contribution is 0.0572. The molecule has 0 fully saturated rings. The number of aliphatic hydroxyl groups excluding tert-OH is 1. The fourth-order valence-electron chi connectivity index (χ4n) is 2.02. The normalized spacial score (nSPS) is 23.4. The molecule has 4 nitrogen and oxygen atoms in total. The zero-order valence-corrected chi connectivity index (χ0v) is 9.01. The van der Waals surface area contributed by atoms with Crippen molar-refractivity contribution in [3.63, 3.8) is 0 Å². The number of hydrogen-bond acceptors (Lipinski definition) is 3. The van der Waals surface area contributed by atoms with E-state index in [9.17, 15) is 9.90 Å². The summed E-state index contributed by atoms with van der Waals surface area (Å²) in [6.07, 6.45) is 0.467. The third-order valence-corrected chi connectivity index (χ3v) is 2.86. The molecule has 0 spiro atoms. The smallest absolute Gasteiger partial charge is 0.336 e. The molecular weight excluding hydrogens is 208 g/mol. The number of rotatable bonds is 2. The van der Waals surface area contributed by atoms with E-state index in [1.807, 2.05) is 6.92 Å². The molecule has 4 heteroatoms. The fraction of sp³-hybridized carbons (Fsp3) is 0.417. The largest absolute Gasteiger partial charge is 0.490 e. The zero-order valence-electron chi connectivity index (χ0n) is 9.01. The van der Waals surface area contributed by atoms with Crippen molar-refractivity contribution < 1.29 is 19.7 Å². The summed E-state index contributed by atoms with van der Waals surface area (Å²) >= 11 is 0. The van der Waals surface area contributed by atoms with Gasteiger partial charge in [0.05, 0.1) is 11.7 Å². The number of hydrogen-bond donors (Lipinski definition) is 2. The van der Waals surface area contributed by atoms with E-state index < -0.39 is 12.1 Å². The van der Waals surface area contributed by atoms with Crippen LogP contribution in [0.2, 0.25) is 0 Å². The maximum absolute atomic E-state index is 11.0. The molecule has 1 aromatic carbocycles. The Morgan fingerprint density at radius 2 is 2.31 bits per heavy atom. The molecule has 0 aromatic heterocycles. The third-order valence-electron chi connectivity index (χ3n) is 2.86. The van der Waals surface area contributed by atoms with Gasteiger partial charge in [0.25, 0.3) is 0 Å². The average Bonchev–Trinajstić information content (AvgIpc) is 2.27. The predicted octanol–water partition coefficient (Wildman–Crippen LogP) is 1.98. The molecule has 0 saturated carbocycles. The maximum atomic E-state index is 11.0. The van der Waals surface area contributed by atoms with Crippen molar-refractivity contribution in [2.24, 2.45) is 0 Å². The Labute approximate surface area is 93.5 Å². The summed E-state index contributed by atoms with van der Waals surface area (Å²) in [7, 11) is 0. The van der Waals surface area contributed by atoms with Gasteiger partial charge in [0.1, 0.15) is 11.9 Å². The first-order chi connectivity index (χ1) is 7.63. The number of fused-ring (bicyclic) bond motifs is 1. The van der Waals surface area contributed by atoms with Crippen LogP contribution < -0.4 is 4.74 Å². The molecule has 1 heterocycles. The van der Waals surface area contributed by atoms with Crippen LogP contribution in [0, 0.1) is 0 Å². The van der Waals surface area contributed by atoms with Crippen LogP contribution in [0.15, 0.2) is 18.2 Å². The van der Waals surface area contributed by atoms with Gasteiger partial charge in [0.2, 0.25) is 0 Å². The monoisotopic (exact) mass is 222 g/mol. The van der Waals surface area contributed by atoms with Crippen molar-refractivity contribution in [1.82, 2.24) is 0 Å². The standard InChI is InChI=1S/C12H14O4/c1-2-7-6-9(13)11-8(12(14)15)4-3-5-10(11)16-7/h3-5,7,9,13H,2,6H2,1H3,(H,14,15). The molecule has 0 aliphatic carbocycles. The fourth-order valence-corrected chi connectivity index (χ4v) is 2.02. The van der Waals surface area contributed by atoms with Crippen molar-refractivity contribution in [2.45, 2.75) is 32.0 Å². The third kappa shape index (κ3) is 1.76. The second kappa shape index (κ2) is 4.14. The molecule has 0 radical (unpaired) electrons. The van der Waals surface area contributed by atoms with Crippen LogP contribution in [-0.2, 0) is 0 Å². The van der Waals surface area contributed by atoms with Crippen LogP contribution in [0.3, 0.4) is 0 Å². The van der Waals surface area contributed by atoms with Gasteiger partial charge in [-0.2, -0.15) is 0 Å². The van der Waals surface area contributed by atoms with Crippen LogP contribution in [0.5, 0.6) is 5.75 Å². The minimum Gasteiger partial charge on any atom is -0.490 e. The number of carbonyl (C=O) groups is 1. The van der Waals surface area contributed by atoms with E-state index in [4.69, 9.17) is 9.84 Å². The SMILES string of the molecule is CCC1CC(O)c2c(cccc2C(=O)O)O1. The number of carboxylic acid groups (broad SMARTS) is 1. The van der Waals surface area contributed by atoms with Gasteiger partial charge >= 0.3 is 5.97 Å². The lowest BCUT2D eigenvalue weighted by atomic mass is 9.93. The van der Waals surface area contributed by atoms with Gasteiger partial charge in [-0.05, 0) is 18.6 Å². The molecule has 0 bridgehead atoms. The summed E-state index contributed by atoms with van der Waals surface area (Å²) in [6.45, 7) is 1.98. The highest BCUT2D eigenvalue weighted by Crippen LogP contribution is 2.37. The van der Waals surface area contributed by atoms with E-state index in [1.165, 1.54) is 6.07 Å². The van der Waals surface area contributed by atoms with Crippen molar-refractivity contribution in [1.29, 1.82) is 0 Å². The van der Waals surface area contributed by atoms with Crippen LogP contribution >= 0.6 is 0 Å². The summed E-state index contributed by atoms with van der Waals surface area (Å²) in [4.78, 5) is 11.0. The summed E-state index contributed by atoms with van der Waals surface area (Å²) in [5, 5.41) is 19.0. The first-order valence-corrected chi connectivity index (χ1v) is 5.34. The van der Waals surface area contributed by atoms with Crippen LogP contribution in [-0.4, -0.2) is 22.3 Å². The number of benzene rings is 1. The van der Waals surface area contributed by atoms with E-state index in [2.05, 4.69) is 0 Å². The highest BCUT2D eigenvalue weighted by Gasteiger charge is 2.29. The van der Waals surface area contributed by atoms with Gasteiger partial charge in [-0.15, -0.1) is 0 Å². The summed E-state index contributed by atoms with van der Waals surface area (Å²) in [5.41, 5.74) is 0.527. The molecule has 16 heavy (non-hydrogen) atoms. The predicted molar refractivity (Wildman–Crippen MR) is 57.7 cm³/mol. The number of carboxylic acids is 1. The Balaban J connectivity index is 2.47. The quantitative estimate of drug-likeness (QED) is 0.802. The number of aromatic carboxylic acids is 1. The molecule has 2 N–H and O–H groups in total. The van der Waals surface area contributed by atoms with Gasteiger partial charge in [-0.3, -0.25) is 0 Å². The second-order valence-corrected chi connectivity index (χ2v) is 3.92. The Morgan fingerprint density at radius 3 is 2.94 bits per heavy atom. The zero-order chi connectivity index (χ0) is 11.7. The summed E-state index contributed by atoms with van der Waals surface area (Å²) in [5.74, 6) is -0.542. The minimum atomic E-state index is -1.03. The molecule has 1 aliphatic heterocycles. The molecular formula is C12H14O4. The van der Waals surface area contributed by atoms with E-state index in [0.29, 0.717) is 17.7 Å². The van der Waals surface area contributed by atoms with Crippen LogP contribution in [0.1, 0.15) is 41.8 Å². The van der Waals surface area contributed by atoms with Gasteiger partial charge in [-0.25, -0.2) is 4.79 Å². The van der Waals surface area contributed by atoms with Crippen molar-refractivity contribution in [3.05, 3.63) is 29.3 Å². The number of ether oxygens (including phenoxy) is 1. The maximum Gasteiger partial charge on any atom is 0.336 e. The van der Waals surface area contributed by atoms with E-state index in [1.54, 1.807) is 12.1 Å². The first kappa shape index (κ1) is 11.0.